The summed E-state index contributed by atoms with van der Waals surface area (Å²) in [5.74, 6) is -2.06. The minimum absolute atomic E-state index is 0.304. The molecule has 0 bridgehead atoms. The third-order valence-corrected chi connectivity index (χ3v) is 5.53. The molecule has 0 saturated heterocycles. The zero-order valence-electron chi connectivity index (χ0n) is 18.0. The molecule has 1 aliphatic carbocycles. The van der Waals surface area contributed by atoms with Crippen molar-refractivity contribution in [3.05, 3.63) is 71.2 Å². The number of hydrogen-bond acceptors (Lipinski definition) is 5. The maximum Gasteiger partial charge on any atom is 0.339 e. The molecule has 0 unspecified atom stereocenters. The Kier molecular flexibility index (Phi) is 6.92. The first kappa shape index (κ1) is 22.4. The van der Waals surface area contributed by atoms with Crippen LogP contribution in [0.2, 0.25) is 0 Å². The van der Waals surface area contributed by atoms with Gasteiger partial charge in [-0.15, -0.1) is 0 Å². The van der Waals surface area contributed by atoms with Gasteiger partial charge in [-0.2, -0.15) is 0 Å². The number of nitrogens with one attached hydrogen (secondary N) is 2. The van der Waals surface area contributed by atoms with Gasteiger partial charge < -0.3 is 15.4 Å². The van der Waals surface area contributed by atoms with Gasteiger partial charge in [-0.1, -0.05) is 24.6 Å². The van der Waals surface area contributed by atoms with Crippen molar-refractivity contribution < 1.29 is 23.5 Å². The summed E-state index contributed by atoms with van der Waals surface area (Å²) in [6.07, 6.45) is 4.62. The van der Waals surface area contributed by atoms with Gasteiger partial charge in [0.05, 0.1) is 17.6 Å². The molecule has 7 nitrogen and oxygen atoms in total. The monoisotopic (exact) mass is 449 g/mol. The fraction of sp³-hybridized carbons (Fsp3) is 0.280. The number of carbonyl (C=O) groups is 3. The Morgan fingerprint density at radius 1 is 0.939 bits per heavy atom. The summed E-state index contributed by atoms with van der Waals surface area (Å²) in [4.78, 5) is 41.9. The first-order valence-electron chi connectivity index (χ1n) is 10.9. The quantitative estimate of drug-likeness (QED) is 0.443. The van der Waals surface area contributed by atoms with Gasteiger partial charge in [-0.25, -0.2) is 9.18 Å². The third kappa shape index (κ3) is 5.52. The Labute approximate surface area is 190 Å². The van der Waals surface area contributed by atoms with Gasteiger partial charge >= 0.3 is 5.97 Å². The highest BCUT2D eigenvalue weighted by atomic mass is 19.1. The van der Waals surface area contributed by atoms with Crippen molar-refractivity contribution in [3.8, 4) is 0 Å². The molecule has 0 spiro atoms. The number of halogens is 1. The molecule has 1 aromatic heterocycles. The van der Waals surface area contributed by atoms with Gasteiger partial charge in [0, 0.05) is 16.8 Å². The number of ether oxygens (including phenoxy) is 1. The molecule has 2 N–H and O–H groups in total. The molecule has 1 aliphatic rings. The van der Waals surface area contributed by atoms with Gasteiger partial charge in [0.25, 0.3) is 5.91 Å². The number of para-hydroxylation sites is 1. The molecule has 2 aromatic carbocycles. The van der Waals surface area contributed by atoms with Gasteiger partial charge in [0.15, 0.2) is 6.61 Å². The van der Waals surface area contributed by atoms with E-state index in [1.54, 1.807) is 0 Å². The number of hydrogen-bond donors (Lipinski definition) is 2. The van der Waals surface area contributed by atoms with E-state index >= 15 is 0 Å². The highest BCUT2D eigenvalue weighted by Crippen LogP contribution is 2.29. The third-order valence-electron chi connectivity index (χ3n) is 5.53. The summed E-state index contributed by atoms with van der Waals surface area (Å²) in [6.45, 7) is -0.810. The van der Waals surface area contributed by atoms with Crippen LogP contribution in [0.1, 0.15) is 40.9 Å². The number of rotatable bonds is 6. The number of pyridine rings is 1. The molecule has 0 fully saturated rings. The molecular formula is C25H24FN3O4. The molecule has 170 valence electrons. The van der Waals surface area contributed by atoms with Crippen molar-refractivity contribution in [1.29, 1.82) is 0 Å². The van der Waals surface area contributed by atoms with Crippen molar-refractivity contribution in [3.63, 3.8) is 0 Å². The van der Waals surface area contributed by atoms with Crippen molar-refractivity contribution in [2.45, 2.75) is 32.1 Å². The molecule has 0 aliphatic heterocycles. The van der Waals surface area contributed by atoms with Gasteiger partial charge in [0.2, 0.25) is 5.91 Å². The van der Waals surface area contributed by atoms with E-state index in [0.717, 1.165) is 48.9 Å². The average molecular weight is 449 g/mol. The summed E-state index contributed by atoms with van der Waals surface area (Å²) in [6, 6.07) is 12.7. The minimum atomic E-state index is -0.595. The van der Waals surface area contributed by atoms with Crippen LogP contribution in [0.25, 0.3) is 10.9 Å². The predicted molar refractivity (Wildman–Crippen MR) is 121 cm³/mol. The first-order chi connectivity index (χ1) is 16.0. The average Bonchev–Trinajstić information content (AvgIpc) is 3.06. The maximum absolute atomic E-state index is 13.0. The standard InChI is InChI=1S/C25H24FN3O4/c26-16-10-12-17(13-11-16)28-22(30)14-27-23(31)15-33-25(32)24-18-6-2-1-3-8-20(18)29-21-9-5-4-7-19(21)24/h4-5,7,9-13H,1-3,6,8,14-15H2,(H,27,31)(H,28,30). The smallest absolute Gasteiger partial charge is 0.339 e. The van der Waals surface area contributed by atoms with Gasteiger partial charge in [-0.3, -0.25) is 14.6 Å². The lowest BCUT2D eigenvalue weighted by Gasteiger charge is -2.15. The van der Waals surface area contributed by atoms with Crippen molar-refractivity contribution >= 4 is 34.4 Å². The molecule has 3 aromatic rings. The Bertz CT molecular complexity index is 1190. The second-order valence-electron chi connectivity index (χ2n) is 7.90. The topological polar surface area (TPSA) is 97.4 Å². The summed E-state index contributed by atoms with van der Waals surface area (Å²) >= 11 is 0. The molecule has 2 amide bonds. The molecule has 0 atom stereocenters. The zero-order chi connectivity index (χ0) is 23.2. The number of fused-ring (bicyclic) bond motifs is 2. The Hall–Kier alpha value is -3.81. The van der Waals surface area contributed by atoms with E-state index < -0.39 is 30.2 Å². The van der Waals surface area contributed by atoms with Crippen molar-refractivity contribution in [2.75, 3.05) is 18.5 Å². The Morgan fingerprint density at radius 2 is 1.70 bits per heavy atom. The van der Waals surface area contributed by atoms with Crippen molar-refractivity contribution in [1.82, 2.24) is 10.3 Å². The van der Waals surface area contributed by atoms with Crippen LogP contribution in [0.3, 0.4) is 0 Å². The number of anilines is 1. The SMILES string of the molecule is O=C(COC(=O)c1c2c(nc3ccccc13)CCCCC2)NCC(=O)Nc1ccc(F)cc1. The molecule has 4 rings (SSSR count). The van der Waals surface area contributed by atoms with Crippen LogP contribution in [0.4, 0.5) is 10.1 Å². The van der Waals surface area contributed by atoms with Crippen LogP contribution in [-0.2, 0) is 27.2 Å². The zero-order valence-corrected chi connectivity index (χ0v) is 18.0. The van der Waals surface area contributed by atoms with E-state index in [4.69, 9.17) is 9.72 Å². The maximum atomic E-state index is 13.0. The first-order valence-corrected chi connectivity index (χ1v) is 10.9. The fourth-order valence-electron chi connectivity index (χ4n) is 3.95. The number of carbonyl (C=O) groups excluding carboxylic acids is 3. The second kappa shape index (κ2) is 10.2. The second-order valence-corrected chi connectivity index (χ2v) is 7.90. The molecule has 8 heteroatoms. The number of amides is 2. The van der Waals surface area contributed by atoms with E-state index in [0.29, 0.717) is 16.6 Å². The minimum Gasteiger partial charge on any atom is -0.452 e. The van der Waals surface area contributed by atoms with Crippen LogP contribution in [0.5, 0.6) is 0 Å². The molecular weight excluding hydrogens is 425 g/mol. The Morgan fingerprint density at radius 3 is 2.52 bits per heavy atom. The summed E-state index contributed by atoms with van der Waals surface area (Å²) in [5.41, 5.74) is 3.43. The number of benzene rings is 2. The number of esters is 1. The van der Waals surface area contributed by atoms with E-state index in [1.165, 1.54) is 24.3 Å². The van der Waals surface area contributed by atoms with Gasteiger partial charge in [-0.05, 0) is 61.6 Å². The van der Waals surface area contributed by atoms with Crippen LogP contribution in [0.15, 0.2) is 48.5 Å². The summed E-state index contributed by atoms with van der Waals surface area (Å²) in [7, 11) is 0. The van der Waals surface area contributed by atoms with E-state index in [1.807, 2.05) is 24.3 Å². The van der Waals surface area contributed by atoms with Crippen LogP contribution >= 0.6 is 0 Å². The fourth-order valence-corrected chi connectivity index (χ4v) is 3.95. The molecule has 1 heterocycles. The lowest BCUT2D eigenvalue weighted by atomic mass is 9.97. The summed E-state index contributed by atoms with van der Waals surface area (Å²) < 4.78 is 18.3. The number of nitrogens with zero attached hydrogens (tertiary/aromatic N) is 1. The normalized spacial score (nSPS) is 13.0. The predicted octanol–water partition coefficient (Wildman–Crippen LogP) is 3.55. The number of aryl methyl sites for hydroxylation is 1. The summed E-state index contributed by atoms with van der Waals surface area (Å²) in [5, 5.41) is 5.67. The molecule has 33 heavy (non-hydrogen) atoms. The van der Waals surface area contributed by atoms with E-state index in [-0.39, 0.29) is 6.54 Å². The van der Waals surface area contributed by atoms with Crippen LogP contribution in [-0.4, -0.2) is 35.9 Å². The molecule has 0 saturated carbocycles. The highest BCUT2D eigenvalue weighted by molar-refractivity contribution is 6.05. The van der Waals surface area contributed by atoms with Crippen LogP contribution < -0.4 is 10.6 Å². The Balaban J connectivity index is 1.38. The lowest BCUT2D eigenvalue weighted by molar-refractivity contribution is -0.126. The van der Waals surface area contributed by atoms with Crippen molar-refractivity contribution in [2.24, 2.45) is 0 Å². The van der Waals surface area contributed by atoms with E-state index in [9.17, 15) is 18.8 Å². The van der Waals surface area contributed by atoms with Crippen LogP contribution in [0, 0.1) is 5.82 Å². The van der Waals surface area contributed by atoms with Gasteiger partial charge in [0.1, 0.15) is 5.82 Å². The highest BCUT2D eigenvalue weighted by Gasteiger charge is 2.23. The van der Waals surface area contributed by atoms with E-state index in [2.05, 4.69) is 10.6 Å². The largest absolute Gasteiger partial charge is 0.452 e. The number of aromatic nitrogens is 1. The lowest BCUT2D eigenvalue weighted by Crippen LogP contribution is -2.35. The molecule has 0 radical (unpaired) electrons.